The van der Waals surface area contributed by atoms with Crippen molar-refractivity contribution >= 4 is 11.8 Å². The molecule has 1 aromatic heterocycles. The summed E-state index contributed by atoms with van der Waals surface area (Å²) >= 11 is 0. The third-order valence-electron chi connectivity index (χ3n) is 3.47. The number of rotatable bonds is 4. The molecular formula is C14H18FN3O3. The molecule has 1 aliphatic heterocycles. The Labute approximate surface area is 122 Å². The molecule has 2 amide bonds. The molecule has 6 nitrogen and oxygen atoms in total. The fourth-order valence-electron chi connectivity index (χ4n) is 2.31. The average molecular weight is 295 g/mol. The Kier molecular flexibility index (Phi) is 5.21. The smallest absolute Gasteiger partial charge is 0.254 e. The average Bonchev–Trinajstić information content (AvgIpc) is 2.48. The predicted molar refractivity (Wildman–Crippen MR) is 73.1 cm³/mol. The summed E-state index contributed by atoms with van der Waals surface area (Å²) in [5.41, 5.74) is -0.0112. The van der Waals surface area contributed by atoms with Crippen molar-refractivity contribution in [1.29, 1.82) is 0 Å². The van der Waals surface area contributed by atoms with Gasteiger partial charge < -0.3 is 15.0 Å². The van der Waals surface area contributed by atoms with Gasteiger partial charge in [0.1, 0.15) is 6.61 Å². The Morgan fingerprint density at radius 1 is 1.48 bits per heavy atom. The van der Waals surface area contributed by atoms with Gasteiger partial charge in [0, 0.05) is 32.4 Å². The third kappa shape index (κ3) is 3.98. The van der Waals surface area contributed by atoms with Crippen LogP contribution in [-0.4, -0.2) is 54.5 Å². The number of halogens is 1. The molecule has 2 heterocycles. The first-order valence-corrected chi connectivity index (χ1v) is 6.79. The molecule has 114 valence electrons. The number of carbonyl (C=O) groups is 2. The van der Waals surface area contributed by atoms with Gasteiger partial charge in [-0.25, -0.2) is 4.39 Å². The van der Waals surface area contributed by atoms with Gasteiger partial charge >= 0.3 is 0 Å². The molecule has 1 saturated heterocycles. The molecule has 1 aromatic rings. The number of ether oxygens (including phenoxy) is 1. The van der Waals surface area contributed by atoms with E-state index in [9.17, 15) is 14.0 Å². The van der Waals surface area contributed by atoms with E-state index in [1.807, 2.05) is 0 Å². The number of nitrogens with one attached hydrogen (secondary N) is 1. The second-order valence-corrected chi connectivity index (χ2v) is 4.92. The fourth-order valence-corrected chi connectivity index (χ4v) is 2.31. The minimum Gasteiger partial charge on any atom is -0.375 e. The van der Waals surface area contributed by atoms with Crippen molar-refractivity contribution in [1.82, 2.24) is 15.2 Å². The molecule has 0 radical (unpaired) electrons. The van der Waals surface area contributed by atoms with Gasteiger partial charge in [0.15, 0.2) is 5.82 Å². The molecule has 21 heavy (non-hydrogen) atoms. The number of pyridine rings is 1. The SMILES string of the molecule is COCC(=O)N1CCC(NC(=O)c2ccncc2F)CC1. The summed E-state index contributed by atoms with van der Waals surface area (Å²) in [7, 11) is 1.48. The first kappa shape index (κ1) is 15.4. The van der Waals surface area contributed by atoms with Gasteiger partial charge in [-0.05, 0) is 18.9 Å². The summed E-state index contributed by atoms with van der Waals surface area (Å²) in [6.07, 6.45) is 3.69. The van der Waals surface area contributed by atoms with Gasteiger partial charge in [-0.2, -0.15) is 0 Å². The van der Waals surface area contributed by atoms with Gasteiger partial charge in [-0.15, -0.1) is 0 Å². The van der Waals surface area contributed by atoms with Crippen LogP contribution in [0.15, 0.2) is 18.5 Å². The van der Waals surface area contributed by atoms with Gasteiger partial charge in [-0.1, -0.05) is 0 Å². The Hall–Kier alpha value is -2.02. The summed E-state index contributed by atoms with van der Waals surface area (Å²) in [5.74, 6) is -1.14. The molecule has 0 unspecified atom stereocenters. The van der Waals surface area contributed by atoms with Crippen LogP contribution >= 0.6 is 0 Å². The van der Waals surface area contributed by atoms with Crippen LogP contribution in [0.5, 0.6) is 0 Å². The van der Waals surface area contributed by atoms with Crippen LogP contribution in [0.3, 0.4) is 0 Å². The van der Waals surface area contributed by atoms with E-state index in [0.717, 1.165) is 6.20 Å². The second kappa shape index (κ2) is 7.12. The lowest BCUT2D eigenvalue weighted by molar-refractivity contribution is -0.136. The summed E-state index contributed by atoms with van der Waals surface area (Å²) in [5, 5.41) is 2.79. The highest BCUT2D eigenvalue weighted by atomic mass is 19.1. The number of nitrogens with zero attached hydrogens (tertiary/aromatic N) is 2. The lowest BCUT2D eigenvalue weighted by Crippen LogP contribution is -2.47. The van der Waals surface area contributed by atoms with E-state index in [1.54, 1.807) is 4.90 Å². The highest BCUT2D eigenvalue weighted by Gasteiger charge is 2.24. The maximum absolute atomic E-state index is 13.5. The predicted octanol–water partition coefficient (Wildman–Crippen LogP) is 0.588. The number of methoxy groups -OCH3 is 1. The lowest BCUT2D eigenvalue weighted by atomic mass is 10.0. The second-order valence-electron chi connectivity index (χ2n) is 4.92. The minimum absolute atomic E-state index is 0.0112. The maximum Gasteiger partial charge on any atom is 0.254 e. The van der Waals surface area contributed by atoms with Crippen LogP contribution in [0.4, 0.5) is 4.39 Å². The highest BCUT2D eigenvalue weighted by molar-refractivity contribution is 5.94. The summed E-state index contributed by atoms with van der Waals surface area (Å²) in [4.78, 5) is 28.9. The summed E-state index contributed by atoms with van der Waals surface area (Å²) in [6.45, 7) is 1.19. The fraction of sp³-hybridized carbons (Fsp3) is 0.500. The molecule has 0 atom stereocenters. The number of aromatic nitrogens is 1. The standard InChI is InChI=1S/C14H18FN3O3/c1-21-9-13(19)18-6-3-10(4-7-18)17-14(20)11-2-5-16-8-12(11)15/h2,5,8,10H,3-4,6-7,9H2,1H3,(H,17,20). The number of likely N-dealkylation sites (tertiary alicyclic amines) is 1. The van der Waals surface area contributed by atoms with E-state index in [-0.39, 0.29) is 24.1 Å². The first-order valence-electron chi connectivity index (χ1n) is 6.79. The molecular weight excluding hydrogens is 277 g/mol. The van der Waals surface area contributed by atoms with E-state index in [0.29, 0.717) is 25.9 Å². The number of hydrogen-bond donors (Lipinski definition) is 1. The molecule has 7 heteroatoms. The molecule has 0 aromatic carbocycles. The zero-order valence-corrected chi connectivity index (χ0v) is 11.8. The maximum atomic E-state index is 13.5. The van der Waals surface area contributed by atoms with E-state index in [1.165, 1.54) is 19.4 Å². The van der Waals surface area contributed by atoms with Crippen molar-refractivity contribution in [3.8, 4) is 0 Å². The Balaban J connectivity index is 1.85. The van der Waals surface area contributed by atoms with Crippen LogP contribution in [0.1, 0.15) is 23.2 Å². The molecule has 1 aliphatic rings. The van der Waals surface area contributed by atoms with Gasteiger partial charge in [-0.3, -0.25) is 14.6 Å². The molecule has 2 rings (SSSR count). The normalized spacial score (nSPS) is 15.8. The minimum atomic E-state index is -0.636. The van der Waals surface area contributed by atoms with E-state index >= 15 is 0 Å². The lowest BCUT2D eigenvalue weighted by Gasteiger charge is -2.32. The van der Waals surface area contributed by atoms with Crippen molar-refractivity contribution in [2.75, 3.05) is 26.8 Å². The van der Waals surface area contributed by atoms with Crippen LogP contribution < -0.4 is 5.32 Å². The zero-order valence-electron chi connectivity index (χ0n) is 11.8. The number of carbonyl (C=O) groups excluding carboxylic acids is 2. The van der Waals surface area contributed by atoms with Gasteiger partial charge in [0.25, 0.3) is 5.91 Å². The quantitative estimate of drug-likeness (QED) is 0.882. The van der Waals surface area contributed by atoms with Crippen LogP contribution in [0.25, 0.3) is 0 Å². The molecule has 0 saturated carbocycles. The topological polar surface area (TPSA) is 71.5 Å². The van der Waals surface area contributed by atoms with E-state index < -0.39 is 11.7 Å². The highest BCUT2D eigenvalue weighted by Crippen LogP contribution is 2.12. The van der Waals surface area contributed by atoms with Crippen molar-refractivity contribution in [2.24, 2.45) is 0 Å². The molecule has 0 spiro atoms. The third-order valence-corrected chi connectivity index (χ3v) is 3.47. The molecule has 1 fully saturated rings. The monoisotopic (exact) mass is 295 g/mol. The number of amides is 2. The van der Waals surface area contributed by atoms with Crippen molar-refractivity contribution < 1.29 is 18.7 Å². The van der Waals surface area contributed by atoms with Crippen LogP contribution in [-0.2, 0) is 9.53 Å². The van der Waals surface area contributed by atoms with Crippen molar-refractivity contribution in [3.05, 3.63) is 29.8 Å². The largest absolute Gasteiger partial charge is 0.375 e. The van der Waals surface area contributed by atoms with Crippen molar-refractivity contribution in [3.63, 3.8) is 0 Å². The number of piperidine rings is 1. The van der Waals surface area contributed by atoms with E-state index in [2.05, 4.69) is 10.3 Å². The van der Waals surface area contributed by atoms with Gasteiger partial charge in [0.2, 0.25) is 5.91 Å². The first-order chi connectivity index (χ1) is 10.1. The Morgan fingerprint density at radius 2 is 2.19 bits per heavy atom. The summed E-state index contributed by atoms with van der Waals surface area (Å²) < 4.78 is 18.3. The van der Waals surface area contributed by atoms with E-state index in [4.69, 9.17) is 4.74 Å². The molecule has 0 aliphatic carbocycles. The molecule has 0 bridgehead atoms. The zero-order chi connectivity index (χ0) is 15.2. The van der Waals surface area contributed by atoms with Crippen molar-refractivity contribution in [2.45, 2.75) is 18.9 Å². The Morgan fingerprint density at radius 3 is 2.81 bits per heavy atom. The summed E-state index contributed by atoms with van der Waals surface area (Å²) in [6, 6.07) is 1.29. The number of hydrogen-bond acceptors (Lipinski definition) is 4. The van der Waals surface area contributed by atoms with Crippen LogP contribution in [0, 0.1) is 5.82 Å². The Bertz CT molecular complexity index is 516. The molecule has 1 N–H and O–H groups in total. The van der Waals surface area contributed by atoms with Gasteiger partial charge in [0.05, 0.1) is 11.8 Å². The van der Waals surface area contributed by atoms with Crippen LogP contribution in [0.2, 0.25) is 0 Å².